The summed E-state index contributed by atoms with van der Waals surface area (Å²) in [5.74, 6) is 0.123. The number of phenols is 1. The zero-order valence-corrected chi connectivity index (χ0v) is 38.7. The molecule has 10 rings (SSSR count). The average molecular weight is 909 g/mol. The van der Waals surface area contributed by atoms with Gasteiger partial charge in [-0.25, -0.2) is 15.0 Å². The van der Waals surface area contributed by atoms with Crippen LogP contribution in [0.15, 0.2) is 72.5 Å². The predicted molar refractivity (Wildman–Crippen MR) is 251 cm³/mol. The van der Waals surface area contributed by atoms with Crippen LogP contribution in [-0.4, -0.2) is 94.2 Å². The van der Waals surface area contributed by atoms with Gasteiger partial charge >= 0.3 is 0 Å². The summed E-state index contributed by atoms with van der Waals surface area (Å²) in [5.41, 5.74) is 9.56. The molecule has 4 aliphatic rings. The Hall–Kier alpha value is -6.26. The number of para-hydroxylation sites is 1. The molecule has 2 aliphatic carbocycles. The zero-order valence-electron chi connectivity index (χ0n) is 37.9. The molecule has 342 valence electrons. The standard InChI is InChI=1S/C50H56N10O5S/c1-27(29-10-12-30(13-11-29)42-28(2)53-26-66-42)54-46(64)40-16-34(61)24-60(40)47(65)43(49(3,4)5)56-45(63)32-20-50(21-32)18-31(19-50)33-22-51-48(52-23-33)59-15-14-38-37(25-59)36-17-39(57-58-44(36)55-38)35-8-6-7-9-41(35)62/h6-13,17,22-23,26-27,31-32,34,40,43,61-62H,14-16,18-21,24-25H2,1-5H3,(H,54,64)(H,55,58)(H,56,63)/t27-,31-,32-,34+,40-,43+,50?/m0/s1. The lowest BCUT2D eigenvalue weighted by atomic mass is 9.47. The predicted octanol–water partition coefficient (Wildman–Crippen LogP) is 6.76. The van der Waals surface area contributed by atoms with Gasteiger partial charge in [0.2, 0.25) is 23.7 Å². The van der Waals surface area contributed by atoms with Crippen molar-refractivity contribution in [3.63, 3.8) is 0 Å². The number of likely N-dealkylation sites (tertiary alicyclic amines) is 1. The molecular formula is C50H56N10O5S. The first kappa shape index (κ1) is 43.6. The molecule has 3 amide bonds. The molecule has 0 radical (unpaired) electrons. The zero-order chi connectivity index (χ0) is 46.1. The average Bonchev–Trinajstić information content (AvgIpc) is 4.00. The number of phenolic OH excluding ortho intramolecular Hbond substituents is 1. The third-order valence-corrected chi connectivity index (χ3v) is 15.4. The lowest BCUT2D eigenvalue weighted by Gasteiger charge is -2.57. The molecule has 3 fully saturated rings. The summed E-state index contributed by atoms with van der Waals surface area (Å²) in [6, 6.07) is 15.1. The Bertz CT molecular complexity index is 2800. The highest BCUT2D eigenvalue weighted by Crippen LogP contribution is 2.64. The third kappa shape index (κ3) is 8.18. The first-order valence-electron chi connectivity index (χ1n) is 22.9. The van der Waals surface area contributed by atoms with E-state index < -0.39 is 23.6 Å². The Morgan fingerprint density at radius 3 is 2.39 bits per heavy atom. The van der Waals surface area contributed by atoms with Crippen LogP contribution in [0.1, 0.15) is 99.8 Å². The van der Waals surface area contributed by atoms with E-state index in [1.54, 1.807) is 23.5 Å². The van der Waals surface area contributed by atoms with Gasteiger partial charge in [-0.15, -0.1) is 21.5 Å². The minimum absolute atomic E-state index is 0.0245. The number of aromatic amines is 1. The third-order valence-electron chi connectivity index (χ3n) is 14.5. The Kier molecular flexibility index (Phi) is 11.2. The van der Waals surface area contributed by atoms with E-state index in [4.69, 9.17) is 9.97 Å². The molecule has 0 unspecified atom stereocenters. The molecule has 4 aromatic heterocycles. The molecule has 1 spiro atoms. The Morgan fingerprint density at radius 2 is 1.70 bits per heavy atom. The number of aromatic hydroxyl groups is 1. The quantitative estimate of drug-likeness (QED) is 0.0973. The highest BCUT2D eigenvalue weighted by molar-refractivity contribution is 7.13. The molecule has 0 bridgehead atoms. The van der Waals surface area contributed by atoms with Gasteiger partial charge in [-0.3, -0.25) is 14.4 Å². The second-order valence-electron chi connectivity index (χ2n) is 20.1. The Morgan fingerprint density at radius 1 is 0.955 bits per heavy atom. The van der Waals surface area contributed by atoms with Crippen molar-refractivity contribution in [2.24, 2.45) is 16.7 Å². The van der Waals surface area contributed by atoms with Crippen LogP contribution in [0.4, 0.5) is 5.95 Å². The second kappa shape index (κ2) is 16.9. The lowest BCUT2D eigenvalue weighted by Crippen LogP contribution is -2.60. The smallest absolute Gasteiger partial charge is 0.246 e. The first-order valence-corrected chi connectivity index (χ1v) is 23.8. The van der Waals surface area contributed by atoms with Crippen molar-refractivity contribution in [2.45, 2.75) is 110 Å². The summed E-state index contributed by atoms with van der Waals surface area (Å²) in [4.78, 5) is 64.1. The van der Waals surface area contributed by atoms with Gasteiger partial charge < -0.3 is 35.6 Å². The van der Waals surface area contributed by atoms with Gasteiger partial charge in [0.25, 0.3) is 0 Å². The van der Waals surface area contributed by atoms with E-state index in [-0.39, 0.29) is 53.8 Å². The van der Waals surface area contributed by atoms with Crippen molar-refractivity contribution in [1.29, 1.82) is 0 Å². The van der Waals surface area contributed by atoms with E-state index in [1.807, 2.05) is 95.0 Å². The van der Waals surface area contributed by atoms with E-state index >= 15 is 0 Å². The number of carbonyl (C=O) groups excluding carboxylic acids is 3. The number of carbonyl (C=O) groups is 3. The monoisotopic (exact) mass is 908 g/mol. The molecule has 2 aliphatic heterocycles. The number of nitrogens with zero attached hydrogens (tertiary/aromatic N) is 7. The normalized spacial score (nSPS) is 23.5. The fraction of sp³-hybridized carbons (Fsp3) is 0.440. The number of hydrogen-bond donors (Lipinski definition) is 5. The number of aliphatic hydroxyl groups is 1. The molecule has 6 heterocycles. The highest BCUT2D eigenvalue weighted by Gasteiger charge is 2.56. The number of β-amino-alcohol motifs (C(OH)–C–C–N with tert-alkyl or cyclic N) is 1. The number of hydrogen-bond acceptors (Lipinski definition) is 12. The van der Waals surface area contributed by atoms with Gasteiger partial charge in [0.1, 0.15) is 17.8 Å². The van der Waals surface area contributed by atoms with Crippen molar-refractivity contribution in [1.82, 2.24) is 45.7 Å². The molecule has 5 N–H and O–H groups in total. The van der Waals surface area contributed by atoms with Gasteiger partial charge in [-0.2, -0.15) is 0 Å². The lowest BCUT2D eigenvalue weighted by molar-refractivity contribution is -0.148. The second-order valence-corrected chi connectivity index (χ2v) is 21.0. The molecule has 15 nitrogen and oxygen atoms in total. The molecule has 4 atom stereocenters. The summed E-state index contributed by atoms with van der Waals surface area (Å²) < 4.78 is 0. The van der Waals surface area contributed by atoms with E-state index in [0.717, 1.165) is 88.2 Å². The van der Waals surface area contributed by atoms with E-state index in [9.17, 15) is 24.6 Å². The largest absolute Gasteiger partial charge is 0.507 e. The van der Waals surface area contributed by atoms with E-state index in [1.165, 1.54) is 4.90 Å². The number of benzene rings is 2. The summed E-state index contributed by atoms with van der Waals surface area (Å²) >= 11 is 1.59. The van der Waals surface area contributed by atoms with Gasteiger partial charge in [0.05, 0.1) is 33.9 Å². The van der Waals surface area contributed by atoms with Gasteiger partial charge in [0.15, 0.2) is 5.65 Å². The maximum atomic E-state index is 14.3. The van der Waals surface area contributed by atoms with E-state index in [0.29, 0.717) is 29.7 Å². The maximum Gasteiger partial charge on any atom is 0.246 e. The van der Waals surface area contributed by atoms with Crippen molar-refractivity contribution >= 4 is 46.0 Å². The van der Waals surface area contributed by atoms with Crippen LogP contribution >= 0.6 is 11.3 Å². The minimum Gasteiger partial charge on any atom is -0.507 e. The van der Waals surface area contributed by atoms with Crippen LogP contribution in [0.25, 0.3) is 32.7 Å². The molecule has 16 heteroatoms. The van der Waals surface area contributed by atoms with Crippen LogP contribution in [0.5, 0.6) is 5.75 Å². The van der Waals surface area contributed by atoms with Crippen LogP contribution in [-0.2, 0) is 27.3 Å². The maximum absolute atomic E-state index is 14.3. The highest BCUT2D eigenvalue weighted by atomic mass is 32.1. The molecule has 2 aromatic carbocycles. The van der Waals surface area contributed by atoms with Gasteiger partial charge in [-0.05, 0) is 91.2 Å². The SMILES string of the molecule is Cc1ncsc1-c1ccc([C@H](C)NC(=O)[C@@H]2C[C@@H](O)CN2C(=O)[C@@H](NC(=O)[C@H]2CC3(C2)C[C@H](c2cnc(N4CCc5[nH]c6nnc(-c7ccccc7O)cc6c5C4)nc2)C3)C(C)(C)C)cc1. The number of aryl methyl sites for hydroxylation is 1. The number of aromatic nitrogens is 6. The molecule has 6 aromatic rings. The van der Waals surface area contributed by atoms with Gasteiger partial charge in [0, 0.05) is 73.0 Å². The first-order chi connectivity index (χ1) is 31.6. The molecular weight excluding hydrogens is 853 g/mol. The number of aliphatic hydroxyl groups excluding tert-OH is 1. The number of nitrogens with one attached hydrogen (secondary N) is 3. The number of anilines is 1. The summed E-state index contributed by atoms with van der Waals surface area (Å²) in [7, 11) is 0. The molecule has 66 heavy (non-hydrogen) atoms. The minimum atomic E-state index is -0.871. The summed E-state index contributed by atoms with van der Waals surface area (Å²) in [6.45, 7) is 11.0. The van der Waals surface area contributed by atoms with Crippen LogP contribution in [0.2, 0.25) is 0 Å². The summed E-state index contributed by atoms with van der Waals surface area (Å²) in [6.07, 6.45) is 7.39. The van der Waals surface area contributed by atoms with Crippen molar-refractivity contribution in [3.8, 4) is 27.4 Å². The molecule has 2 saturated carbocycles. The summed E-state index contributed by atoms with van der Waals surface area (Å²) in [5, 5.41) is 37.1. The van der Waals surface area contributed by atoms with E-state index in [2.05, 4.69) is 35.7 Å². The van der Waals surface area contributed by atoms with Gasteiger partial charge in [-0.1, -0.05) is 57.2 Å². The van der Waals surface area contributed by atoms with Crippen LogP contribution in [0, 0.1) is 23.7 Å². The number of amides is 3. The number of thiazole rings is 1. The Balaban J connectivity index is 0.728. The fourth-order valence-electron chi connectivity index (χ4n) is 10.7. The Labute approximate surface area is 387 Å². The fourth-order valence-corrected chi connectivity index (χ4v) is 11.5. The number of H-pyrrole nitrogens is 1. The molecule has 1 saturated heterocycles. The van der Waals surface area contributed by atoms with Crippen molar-refractivity contribution < 1.29 is 24.6 Å². The van der Waals surface area contributed by atoms with Crippen molar-refractivity contribution in [3.05, 3.63) is 101 Å². The van der Waals surface area contributed by atoms with Crippen LogP contribution in [0.3, 0.4) is 0 Å². The van der Waals surface area contributed by atoms with Crippen molar-refractivity contribution in [2.75, 3.05) is 18.0 Å². The number of rotatable bonds is 10. The number of fused-ring (bicyclic) bond motifs is 3. The van der Waals surface area contributed by atoms with Crippen LogP contribution < -0.4 is 15.5 Å². The topological polar surface area (TPSA) is 202 Å².